The number of carbonyl (C=O) groups excluding carboxylic acids is 1. The van der Waals surface area contributed by atoms with Crippen LogP contribution in [0.2, 0.25) is 0 Å². The predicted molar refractivity (Wildman–Crippen MR) is 76.9 cm³/mol. The van der Waals surface area contributed by atoms with Crippen LogP contribution in [0.1, 0.15) is 22.8 Å². The molecule has 0 spiro atoms. The Kier molecular flexibility index (Phi) is 4.35. The third-order valence-corrected chi connectivity index (χ3v) is 3.18. The molecule has 4 nitrogen and oxygen atoms in total. The van der Waals surface area contributed by atoms with Gasteiger partial charge in [0, 0.05) is 18.0 Å². The molecule has 0 aliphatic carbocycles. The lowest BCUT2D eigenvalue weighted by Gasteiger charge is -2.13. The molecule has 0 saturated heterocycles. The van der Waals surface area contributed by atoms with E-state index in [0.29, 0.717) is 11.3 Å². The molecule has 2 rings (SSSR count). The highest BCUT2D eigenvalue weighted by Gasteiger charge is 2.17. The predicted octanol–water partition coefficient (Wildman–Crippen LogP) is 3.11. The average molecular weight is 271 g/mol. The number of benzene rings is 1. The van der Waals surface area contributed by atoms with Crippen LogP contribution in [-0.4, -0.2) is 25.2 Å². The summed E-state index contributed by atoms with van der Waals surface area (Å²) < 4.78 is 10.2. The fourth-order valence-corrected chi connectivity index (χ4v) is 2.13. The minimum atomic E-state index is -0.384. The highest BCUT2D eigenvalue weighted by molar-refractivity contribution is 5.98. The number of aromatic nitrogens is 1. The molecule has 0 N–H and O–H groups in total. The van der Waals surface area contributed by atoms with Gasteiger partial charge in [-0.05, 0) is 35.7 Å². The zero-order valence-electron chi connectivity index (χ0n) is 11.8. The first-order valence-electron chi connectivity index (χ1n) is 6.40. The van der Waals surface area contributed by atoms with Gasteiger partial charge in [-0.3, -0.25) is 4.98 Å². The van der Waals surface area contributed by atoms with Gasteiger partial charge in [0.1, 0.15) is 5.75 Å². The summed E-state index contributed by atoms with van der Waals surface area (Å²) in [4.78, 5) is 16.1. The zero-order chi connectivity index (χ0) is 14.5. The van der Waals surface area contributed by atoms with Crippen molar-refractivity contribution in [2.45, 2.75) is 13.3 Å². The van der Waals surface area contributed by atoms with Gasteiger partial charge in [-0.1, -0.05) is 13.0 Å². The molecule has 0 atom stereocenters. The average Bonchev–Trinajstić information content (AvgIpc) is 2.53. The largest absolute Gasteiger partial charge is 0.496 e. The third-order valence-electron chi connectivity index (χ3n) is 3.18. The van der Waals surface area contributed by atoms with E-state index in [1.807, 2.05) is 25.1 Å². The third kappa shape index (κ3) is 2.64. The van der Waals surface area contributed by atoms with Gasteiger partial charge in [0.05, 0.1) is 19.8 Å². The molecule has 0 aliphatic rings. The first-order chi connectivity index (χ1) is 9.71. The molecule has 0 fully saturated rings. The van der Waals surface area contributed by atoms with Crippen molar-refractivity contribution in [3.63, 3.8) is 0 Å². The Balaban J connectivity index is 2.67. The summed E-state index contributed by atoms with van der Waals surface area (Å²) in [6, 6.07) is 7.45. The molecule has 2 aromatic rings. The number of methoxy groups -OCH3 is 2. The van der Waals surface area contributed by atoms with Crippen molar-refractivity contribution < 1.29 is 14.3 Å². The minimum Gasteiger partial charge on any atom is -0.496 e. The van der Waals surface area contributed by atoms with E-state index in [-0.39, 0.29) is 5.97 Å². The lowest BCUT2D eigenvalue weighted by molar-refractivity contribution is 0.0601. The lowest BCUT2D eigenvalue weighted by Crippen LogP contribution is -2.06. The molecule has 1 heterocycles. The smallest absolute Gasteiger partial charge is 0.338 e. The Labute approximate surface area is 118 Å². The Morgan fingerprint density at radius 3 is 2.65 bits per heavy atom. The summed E-state index contributed by atoms with van der Waals surface area (Å²) in [5, 5.41) is 0. The molecular weight excluding hydrogens is 254 g/mol. The molecule has 0 saturated carbocycles. The maximum Gasteiger partial charge on any atom is 0.338 e. The number of pyridine rings is 1. The molecule has 0 amide bonds. The van der Waals surface area contributed by atoms with Crippen LogP contribution in [0.15, 0.2) is 36.7 Å². The molecule has 20 heavy (non-hydrogen) atoms. The van der Waals surface area contributed by atoms with E-state index < -0.39 is 0 Å². The molecule has 0 radical (unpaired) electrons. The lowest BCUT2D eigenvalue weighted by atomic mass is 9.96. The van der Waals surface area contributed by atoms with Gasteiger partial charge >= 0.3 is 5.97 Å². The van der Waals surface area contributed by atoms with Crippen molar-refractivity contribution in [1.29, 1.82) is 0 Å². The summed E-state index contributed by atoms with van der Waals surface area (Å²) in [7, 11) is 2.97. The Hall–Kier alpha value is -2.36. The van der Waals surface area contributed by atoms with Crippen molar-refractivity contribution in [3.8, 4) is 16.9 Å². The van der Waals surface area contributed by atoms with Gasteiger partial charge in [-0.2, -0.15) is 0 Å². The molecule has 4 heteroatoms. The maximum absolute atomic E-state index is 12.0. The van der Waals surface area contributed by atoms with E-state index in [2.05, 4.69) is 4.98 Å². The fourth-order valence-electron chi connectivity index (χ4n) is 2.13. The first kappa shape index (κ1) is 14.1. The Morgan fingerprint density at radius 2 is 2.10 bits per heavy atom. The normalized spacial score (nSPS) is 10.2. The van der Waals surface area contributed by atoms with Crippen molar-refractivity contribution in [1.82, 2.24) is 4.98 Å². The molecule has 104 valence electrons. The monoisotopic (exact) mass is 271 g/mol. The van der Waals surface area contributed by atoms with E-state index in [9.17, 15) is 4.79 Å². The Bertz CT molecular complexity index is 609. The summed E-state index contributed by atoms with van der Waals surface area (Å²) in [6.07, 6.45) is 4.25. The number of hydrogen-bond acceptors (Lipinski definition) is 4. The van der Waals surface area contributed by atoms with Crippen LogP contribution in [0.3, 0.4) is 0 Å². The maximum atomic E-state index is 12.0. The summed E-state index contributed by atoms with van der Waals surface area (Å²) in [5.41, 5.74) is 3.21. The number of nitrogens with zero attached hydrogens (tertiary/aromatic N) is 1. The van der Waals surface area contributed by atoms with Crippen molar-refractivity contribution >= 4 is 5.97 Å². The summed E-state index contributed by atoms with van der Waals surface area (Å²) >= 11 is 0. The highest BCUT2D eigenvalue weighted by Crippen LogP contribution is 2.31. The zero-order valence-corrected chi connectivity index (χ0v) is 11.8. The van der Waals surface area contributed by atoms with E-state index in [1.54, 1.807) is 25.6 Å². The second kappa shape index (κ2) is 6.19. The van der Waals surface area contributed by atoms with Gasteiger partial charge in [0.15, 0.2) is 0 Å². The van der Waals surface area contributed by atoms with Gasteiger partial charge in [-0.15, -0.1) is 0 Å². The van der Waals surface area contributed by atoms with Crippen LogP contribution in [-0.2, 0) is 11.2 Å². The highest BCUT2D eigenvalue weighted by atomic mass is 16.5. The summed E-state index contributed by atoms with van der Waals surface area (Å²) in [5.74, 6) is 0.311. The number of carbonyl (C=O) groups is 1. The van der Waals surface area contributed by atoms with Crippen molar-refractivity contribution in [2.75, 3.05) is 14.2 Å². The van der Waals surface area contributed by atoms with Crippen LogP contribution in [0.4, 0.5) is 0 Å². The van der Waals surface area contributed by atoms with E-state index in [4.69, 9.17) is 9.47 Å². The SMILES string of the molecule is CCc1cc(-c2cccnc2)c(C(=O)OC)cc1OC. The molecule has 1 aromatic carbocycles. The number of hydrogen-bond donors (Lipinski definition) is 0. The minimum absolute atomic E-state index is 0.384. The molecule has 1 aromatic heterocycles. The molecule has 0 bridgehead atoms. The van der Waals surface area contributed by atoms with Crippen LogP contribution >= 0.6 is 0 Å². The molecule has 0 aliphatic heterocycles. The second-order valence-corrected chi connectivity index (χ2v) is 4.30. The van der Waals surface area contributed by atoms with Gasteiger partial charge in [0.25, 0.3) is 0 Å². The van der Waals surface area contributed by atoms with Crippen molar-refractivity contribution in [3.05, 3.63) is 47.8 Å². The fraction of sp³-hybridized carbons (Fsp3) is 0.250. The number of esters is 1. The second-order valence-electron chi connectivity index (χ2n) is 4.30. The first-order valence-corrected chi connectivity index (χ1v) is 6.40. The van der Waals surface area contributed by atoms with Crippen molar-refractivity contribution in [2.24, 2.45) is 0 Å². The van der Waals surface area contributed by atoms with Crippen LogP contribution < -0.4 is 4.74 Å². The van der Waals surface area contributed by atoms with Gasteiger partial charge < -0.3 is 9.47 Å². The van der Waals surface area contributed by atoms with E-state index in [1.165, 1.54) is 7.11 Å². The molecular formula is C16H17NO3. The van der Waals surface area contributed by atoms with E-state index in [0.717, 1.165) is 23.1 Å². The summed E-state index contributed by atoms with van der Waals surface area (Å²) in [6.45, 7) is 2.04. The standard InChI is InChI=1S/C16H17NO3/c1-4-11-8-13(12-6-5-7-17-10-12)14(16(18)20-3)9-15(11)19-2/h5-10H,4H2,1-3H3. The number of ether oxygens (including phenoxy) is 2. The van der Waals surface area contributed by atoms with Crippen LogP contribution in [0, 0.1) is 0 Å². The van der Waals surface area contributed by atoms with Crippen LogP contribution in [0.5, 0.6) is 5.75 Å². The molecule has 0 unspecified atom stereocenters. The topological polar surface area (TPSA) is 48.4 Å². The van der Waals surface area contributed by atoms with Gasteiger partial charge in [0.2, 0.25) is 0 Å². The quantitative estimate of drug-likeness (QED) is 0.802. The van der Waals surface area contributed by atoms with E-state index >= 15 is 0 Å². The number of aryl methyl sites for hydroxylation is 1. The number of rotatable bonds is 4. The van der Waals surface area contributed by atoms with Crippen LogP contribution in [0.25, 0.3) is 11.1 Å². The Morgan fingerprint density at radius 1 is 1.30 bits per heavy atom. The van der Waals surface area contributed by atoms with Gasteiger partial charge in [-0.25, -0.2) is 4.79 Å².